The number of fused-ring (bicyclic) bond motifs is 2. The molecule has 3 fully saturated rings. The lowest BCUT2D eigenvalue weighted by Gasteiger charge is -2.47. The molecule has 4 N–H and O–H groups in total. The van der Waals surface area contributed by atoms with Crippen LogP contribution in [-0.4, -0.2) is 86.2 Å². The zero-order valence-electron chi connectivity index (χ0n) is 35.4. The molecule has 5 aromatic rings. The standard InChI is InChI=1S/C47H51ClN8O7S/c48-34-4-2-31(3-5-34)39-27-47(12-1-13-47)14-8-33(39)29-54-16-18-55(19-17-54)35-6-7-38(42(24-35)63-36-23-32-9-15-49-45(32)50-28-36)46(57)53-64(60,61)37-25-40-44(41(26-37)56(58)59)52-43(51-40)22-30-10-20-62-21-11-30/h2-7,9,15,23-26,28,30,43,51-52H,1,8,10-14,16-22,27,29H2,(H,49,50)(H,53,57). The van der Waals surface area contributed by atoms with Crippen molar-refractivity contribution in [1.82, 2.24) is 19.6 Å². The molecular formula is C47H51ClN8O7S. The van der Waals surface area contributed by atoms with Gasteiger partial charge in [0, 0.05) is 80.4 Å². The summed E-state index contributed by atoms with van der Waals surface area (Å²) in [7, 11) is -4.60. The van der Waals surface area contributed by atoms with Crippen molar-refractivity contribution in [2.75, 3.05) is 61.5 Å². The zero-order chi connectivity index (χ0) is 44.0. The maximum atomic E-state index is 14.1. The molecule has 64 heavy (non-hydrogen) atoms. The summed E-state index contributed by atoms with van der Waals surface area (Å²) in [5, 5.41) is 20.2. The number of carbonyl (C=O) groups excluding carboxylic acids is 1. The smallest absolute Gasteiger partial charge is 0.295 e. The lowest BCUT2D eigenvalue weighted by atomic mass is 9.59. The molecule has 3 aromatic carbocycles. The quantitative estimate of drug-likeness (QED) is 0.0690. The van der Waals surface area contributed by atoms with E-state index in [1.807, 2.05) is 18.2 Å². The van der Waals surface area contributed by atoms with E-state index in [0.717, 1.165) is 80.6 Å². The molecule has 2 aromatic heterocycles. The monoisotopic (exact) mass is 906 g/mol. The number of H-pyrrole nitrogens is 1. The summed E-state index contributed by atoms with van der Waals surface area (Å²) in [6, 6.07) is 19.4. The second-order valence-electron chi connectivity index (χ2n) is 17.9. The van der Waals surface area contributed by atoms with Crippen LogP contribution in [0.2, 0.25) is 5.02 Å². The van der Waals surface area contributed by atoms with Gasteiger partial charge in [-0.15, -0.1) is 0 Å². The van der Waals surface area contributed by atoms with Gasteiger partial charge < -0.3 is 30.0 Å². The molecule has 1 spiro atoms. The minimum absolute atomic E-state index is 0.0321. The number of anilines is 3. The van der Waals surface area contributed by atoms with E-state index in [4.69, 9.17) is 21.1 Å². The molecule has 0 bridgehead atoms. The molecule has 15 nitrogen and oxygen atoms in total. The molecule has 1 atom stereocenters. The Morgan fingerprint density at radius 2 is 1.80 bits per heavy atom. The topological polar surface area (TPSA) is 184 Å². The third kappa shape index (κ3) is 8.75. The summed E-state index contributed by atoms with van der Waals surface area (Å²) in [5.41, 5.74) is 6.24. The van der Waals surface area contributed by atoms with E-state index >= 15 is 0 Å². The van der Waals surface area contributed by atoms with Crippen LogP contribution < -0.4 is 25.0 Å². The van der Waals surface area contributed by atoms with Crippen LogP contribution in [0.3, 0.4) is 0 Å². The molecule has 2 saturated heterocycles. The largest absolute Gasteiger partial charge is 0.455 e. The number of aromatic amines is 1. The number of carbonyl (C=O) groups is 1. The van der Waals surface area contributed by atoms with E-state index in [1.54, 1.807) is 30.5 Å². The summed E-state index contributed by atoms with van der Waals surface area (Å²) in [4.78, 5) is 37.5. The number of nitro groups is 1. The fraction of sp³-hybridized carbons (Fsp3) is 0.404. The summed E-state index contributed by atoms with van der Waals surface area (Å²) in [5.74, 6) is -0.109. The molecule has 0 radical (unpaired) electrons. The predicted octanol–water partition coefficient (Wildman–Crippen LogP) is 8.95. The first-order chi connectivity index (χ1) is 31.0. The Balaban J connectivity index is 0.875. The van der Waals surface area contributed by atoms with Crippen molar-refractivity contribution in [3.05, 3.63) is 111 Å². The van der Waals surface area contributed by atoms with Gasteiger partial charge in [-0.25, -0.2) is 18.1 Å². The van der Waals surface area contributed by atoms with Crippen LogP contribution in [0, 0.1) is 21.4 Å². The first kappa shape index (κ1) is 42.3. The number of piperazine rings is 1. The molecule has 1 amide bonds. The van der Waals surface area contributed by atoms with Crippen molar-refractivity contribution in [1.29, 1.82) is 0 Å². The number of pyridine rings is 1. The van der Waals surface area contributed by atoms with Crippen LogP contribution in [0.25, 0.3) is 16.6 Å². The Kier molecular flexibility index (Phi) is 11.5. The van der Waals surface area contributed by atoms with E-state index in [0.29, 0.717) is 42.4 Å². The van der Waals surface area contributed by atoms with Crippen molar-refractivity contribution in [3.63, 3.8) is 0 Å². The van der Waals surface area contributed by atoms with Gasteiger partial charge in [0.05, 0.1) is 33.4 Å². The minimum atomic E-state index is -4.60. The fourth-order valence-corrected chi connectivity index (χ4v) is 11.3. The minimum Gasteiger partial charge on any atom is -0.455 e. The summed E-state index contributed by atoms with van der Waals surface area (Å²) in [6.45, 7) is 5.37. The van der Waals surface area contributed by atoms with E-state index in [2.05, 4.69) is 47.3 Å². The number of sulfonamides is 1. The molecule has 10 rings (SSSR count). The Bertz CT molecular complexity index is 2740. The summed E-state index contributed by atoms with van der Waals surface area (Å²) in [6.07, 6.45) is 12.8. The highest BCUT2D eigenvalue weighted by Crippen LogP contribution is 2.55. The number of aromatic nitrogens is 2. The number of amides is 1. The number of hydrogen-bond donors (Lipinski definition) is 4. The van der Waals surface area contributed by atoms with Crippen molar-refractivity contribution in [2.45, 2.75) is 68.8 Å². The average molecular weight is 907 g/mol. The van der Waals surface area contributed by atoms with E-state index < -0.39 is 31.4 Å². The molecule has 3 aliphatic heterocycles. The number of nitro benzene ring substituents is 1. The maximum absolute atomic E-state index is 14.1. The third-order valence-electron chi connectivity index (χ3n) is 13.9. The van der Waals surface area contributed by atoms with Gasteiger partial charge in [0.15, 0.2) is 0 Å². The highest BCUT2D eigenvalue weighted by Gasteiger charge is 2.41. The lowest BCUT2D eigenvalue weighted by Crippen LogP contribution is -2.47. The molecule has 5 aliphatic rings. The average Bonchev–Trinajstić information content (AvgIpc) is 3.93. The van der Waals surface area contributed by atoms with Gasteiger partial charge in [-0.2, -0.15) is 0 Å². The number of halogens is 1. The number of benzene rings is 3. The maximum Gasteiger partial charge on any atom is 0.295 e. The fourth-order valence-electron chi connectivity index (χ4n) is 10.1. The Hall–Kier alpha value is -5.68. The lowest BCUT2D eigenvalue weighted by molar-refractivity contribution is -0.384. The Morgan fingerprint density at radius 1 is 1.00 bits per heavy atom. The Labute approximate surface area is 376 Å². The number of nitrogens with zero attached hydrogens (tertiary/aromatic N) is 4. The Morgan fingerprint density at radius 3 is 2.55 bits per heavy atom. The highest BCUT2D eigenvalue weighted by molar-refractivity contribution is 7.90. The van der Waals surface area contributed by atoms with Crippen LogP contribution in [0.4, 0.5) is 22.7 Å². The number of hydrogen-bond acceptors (Lipinski definition) is 12. The molecule has 334 valence electrons. The van der Waals surface area contributed by atoms with Crippen molar-refractivity contribution < 1.29 is 27.6 Å². The normalized spacial score (nSPS) is 20.1. The van der Waals surface area contributed by atoms with Gasteiger partial charge in [0.25, 0.3) is 21.6 Å². The number of ether oxygens (including phenoxy) is 2. The number of rotatable bonds is 12. The van der Waals surface area contributed by atoms with Crippen LogP contribution in [0.15, 0.2) is 89.6 Å². The first-order valence-corrected chi connectivity index (χ1v) is 24.0. The predicted molar refractivity (Wildman–Crippen MR) is 247 cm³/mol. The third-order valence-corrected chi connectivity index (χ3v) is 15.5. The van der Waals surface area contributed by atoms with E-state index in [-0.39, 0.29) is 28.9 Å². The molecular weight excluding hydrogens is 856 g/mol. The van der Waals surface area contributed by atoms with Gasteiger partial charge in [0.1, 0.15) is 22.8 Å². The van der Waals surface area contributed by atoms with Crippen molar-refractivity contribution in [3.8, 4) is 11.5 Å². The summed E-state index contributed by atoms with van der Waals surface area (Å²) < 4.78 is 41.9. The van der Waals surface area contributed by atoms with Crippen LogP contribution in [-0.2, 0) is 14.8 Å². The van der Waals surface area contributed by atoms with Crippen LogP contribution in [0.5, 0.6) is 11.5 Å². The second-order valence-corrected chi connectivity index (χ2v) is 20.1. The van der Waals surface area contributed by atoms with Gasteiger partial charge in [-0.1, -0.05) is 35.7 Å². The molecule has 1 unspecified atom stereocenters. The molecule has 17 heteroatoms. The zero-order valence-corrected chi connectivity index (χ0v) is 37.0. The van der Waals surface area contributed by atoms with Crippen LogP contribution in [0.1, 0.15) is 73.7 Å². The molecule has 2 aliphatic carbocycles. The molecule has 5 heterocycles. The van der Waals surface area contributed by atoms with Gasteiger partial charge in [0.2, 0.25) is 0 Å². The van der Waals surface area contributed by atoms with Crippen LogP contribution >= 0.6 is 11.6 Å². The highest BCUT2D eigenvalue weighted by atomic mass is 35.5. The molecule has 1 saturated carbocycles. The van der Waals surface area contributed by atoms with Gasteiger partial charge in [-0.05, 0) is 116 Å². The summed E-state index contributed by atoms with van der Waals surface area (Å²) >= 11 is 6.29. The second kappa shape index (κ2) is 17.4. The van der Waals surface area contributed by atoms with Gasteiger partial charge in [-0.3, -0.25) is 19.8 Å². The van der Waals surface area contributed by atoms with E-state index in [9.17, 15) is 23.3 Å². The van der Waals surface area contributed by atoms with Crippen molar-refractivity contribution in [2.24, 2.45) is 11.3 Å². The number of nitrogens with one attached hydrogen (secondary N) is 4. The number of allylic oxidation sites excluding steroid dienone is 1. The first-order valence-electron chi connectivity index (χ1n) is 22.2. The van der Waals surface area contributed by atoms with Crippen molar-refractivity contribution >= 4 is 66.9 Å². The van der Waals surface area contributed by atoms with E-state index in [1.165, 1.54) is 54.7 Å². The SMILES string of the molecule is O=C(NS(=O)(=O)c1cc2c(c([N+](=O)[O-])c1)NC(CC1CCOCC1)N2)c1ccc(N2CCN(CC3=C(c4ccc(Cl)cc4)CC4(CCC4)CC3)CC2)cc1Oc1cnc2[nH]ccc2c1. The van der Waals surface area contributed by atoms with Gasteiger partial charge >= 0.3 is 0 Å².